The zero-order chi connectivity index (χ0) is 27.6. The normalized spacial score (nSPS) is 20.3. The smallest absolute Gasteiger partial charge is 0.305 e. The van der Waals surface area contributed by atoms with Gasteiger partial charge >= 0.3 is 5.97 Å². The Kier molecular flexibility index (Phi) is 10.1. The third kappa shape index (κ3) is 8.38. The van der Waals surface area contributed by atoms with Gasteiger partial charge in [-0.15, -0.1) is 0 Å². The summed E-state index contributed by atoms with van der Waals surface area (Å²) in [5, 5.41) is 18.5. The van der Waals surface area contributed by atoms with Crippen LogP contribution in [0.15, 0.2) is 60.7 Å². The molecule has 4 atom stereocenters. The number of benzene rings is 2. The van der Waals surface area contributed by atoms with Gasteiger partial charge in [-0.25, -0.2) is 0 Å². The highest BCUT2D eigenvalue weighted by Gasteiger charge is 2.38. The molecule has 0 spiro atoms. The highest BCUT2D eigenvalue weighted by molar-refractivity contribution is 5.91. The van der Waals surface area contributed by atoms with Gasteiger partial charge in [-0.1, -0.05) is 60.7 Å². The summed E-state index contributed by atoms with van der Waals surface area (Å²) in [7, 11) is 0. The topological polar surface area (TPSA) is 128 Å². The molecular weight excluding hydrogens is 496 g/mol. The number of hydrogen-bond donors (Lipinski definition) is 4. The summed E-state index contributed by atoms with van der Waals surface area (Å²) in [5.74, 6) is -1.60. The van der Waals surface area contributed by atoms with Gasteiger partial charge in [-0.05, 0) is 56.2 Å². The zero-order valence-corrected chi connectivity index (χ0v) is 22.2. The second-order valence-corrected chi connectivity index (χ2v) is 10.5. The van der Waals surface area contributed by atoms with Gasteiger partial charge in [0.15, 0.2) is 0 Å². The predicted octanol–water partition coefficient (Wildman–Crippen LogP) is 2.05. The van der Waals surface area contributed by atoms with Crippen LogP contribution in [0.3, 0.4) is 0 Å². The van der Waals surface area contributed by atoms with E-state index >= 15 is 0 Å². The van der Waals surface area contributed by atoms with Crippen LogP contribution in [0, 0.1) is 0 Å². The monoisotopic (exact) mass is 534 g/mol. The van der Waals surface area contributed by atoms with Gasteiger partial charge in [0.1, 0.15) is 6.04 Å². The second-order valence-electron chi connectivity index (χ2n) is 10.5. The van der Waals surface area contributed by atoms with Crippen molar-refractivity contribution in [2.24, 2.45) is 0 Å². The average Bonchev–Trinajstić information content (AvgIpc) is 3.62. The fourth-order valence-corrected chi connectivity index (χ4v) is 5.56. The number of hydrogen-bond acceptors (Lipinski definition) is 5. The molecule has 3 amide bonds. The summed E-state index contributed by atoms with van der Waals surface area (Å²) in [6.07, 6.45) is 3.70. The van der Waals surface area contributed by atoms with Crippen LogP contribution in [0.4, 0.5) is 0 Å². The van der Waals surface area contributed by atoms with E-state index in [1.165, 1.54) is 0 Å². The molecule has 2 aliphatic heterocycles. The summed E-state index contributed by atoms with van der Waals surface area (Å²) in [6, 6.07) is 17.2. The van der Waals surface area contributed by atoms with Gasteiger partial charge in [-0.3, -0.25) is 19.2 Å². The van der Waals surface area contributed by atoms with Crippen LogP contribution >= 0.6 is 0 Å². The third-order valence-corrected chi connectivity index (χ3v) is 7.41. The Labute approximate surface area is 229 Å². The number of amides is 3. The van der Waals surface area contributed by atoms with Gasteiger partial charge in [0.25, 0.3) is 0 Å². The molecule has 39 heavy (non-hydrogen) atoms. The van der Waals surface area contributed by atoms with Crippen LogP contribution in [-0.4, -0.2) is 71.0 Å². The molecule has 4 N–H and O–H groups in total. The summed E-state index contributed by atoms with van der Waals surface area (Å²) in [4.78, 5) is 52.8. The number of carbonyl (C=O) groups excluding carboxylic acids is 3. The molecule has 4 rings (SSSR count). The van der Waals surface area contributed by atoms with Gasteiger partial charge < -0.3 is 26.0 Å². The van der Waals surface area contributed by atoms with E-state index in [0.29, 0.717) is 25.8 Å². The first-order valence-electron chi connectivity index (χ1n) is 13.8. The lowest BCUT2D eigenvalue weighted by Crippen LogP contribution is -2.53. The molecule has 0 bridgehead atoms. The first kappa shape index (κ1) is 28.3. The molecule has 2 aromatic carbocycles. The van der Waals surface area contributed by atoms with E-state index in [0.717, 1.165) is 36.9 Å². The number of carbonyl (C=O) groups is 4. The summed E-state index contributed by atoms with van der Waals surface area (Å²) < 4.78 is 0. The van der Waals surface area contributed by atoms with Crippen LogP contribution in [0.2, 0.25) is 0 Å². The Morgan fingerprint density at radius 3 is 2.03 bits per heavy atom. The van der Waals surface area contributed by atoms with Crippen LogP contribution in [0.25, 0.3) is 0 Å². The van der Waals surface area contributed by atoms with Gasteiger partial charge in [-0.2, -0.15) is 0 Å². The lowest BCUT2D eigenvalue weighted by atomic mass is 10.0. The SMILES string of the molecule is O=C(O)CC(Cc1ccccc1)NC(=O)CC(Cc1ccccc1)NC(=O)[C@@H]1CCCN1C(=O)C1CCCN1. The minimum Gasteiger partial charge on any atom is -0.481 e. The minimum atomic E-state index is -0.992. The number of likely N-dealkylation sites (tertiary alicyclic amines) is 1. The molecular formula is C30H38N4O5. The van der Waals surface area contributed by atoms with E-state index in [1.54, 1.807) is 4.90 Å². The van der Waals surface area contributed by atoms with Crippen molar-refractivity contribution >= 4 is 23.7 Å². The molecule has 2 aromatic rings. The molecule has 0 aliphatic carbocycles. The number of nitrogens with zero attached hydrogens (tertiary/aromatic N) is 1. The Balaban J connectivity index is 1.42. The van der Waals surface area contributed by atoms with Gasteiger partial charge in [0, 0.05) is 25.0 Å². The summed E-state index contributed by atoms with van der Waals surface area (Å²) >= 11 is 0. The quantitative estimate of drug-likeness (QED) is 0.330. The third-order valence-electron chi connectivity index (χ3n) is 7.41. The van der Waals surface area contributed by atoms with E-state index in [9.17, 15) is 24.3 Å². The number of nitrogens with one attached hydrogen (secondary N) is 3. The van der Waals surface area contributed by atoms with Crippen LogP contribution < -0.4 is 16.0 Å². The van der Waals surface area contributed by atoms with Crippen molar-refractivity contribution in [1.82, 2.24) is 20.9 Å². The average molecular weight is 535 g/mol. The molecule has 9 heteroatoms. The second kappa shape index (κ2) is 13.9. The molecule has 0 radical (unpaired) electrons. The Morgan fingerprint density at radius 1 is 0.846 bits per heavy atom. The maximum atomic E-state index is 13.4. The van der Waals surface area contributed by atoms with Crippen molar-refractivity contribution in [3.8, 4) is 0 Å². The van der Waals surface area contributed by atoms with Crippen molar-refractivity contribution in [1.29, 1.82) is 0 Å². The maximum absolute atomic E-state index is 13.4. The van der Waals surface area contributed by atoms with E-state index in [1.807, 2.05) is 60.7 Å². The van der Waals surface area contributed by atoms with Gasteiger partial charge in [0.05, 0.1) is 12.5 Å². The molecule has 0 saturated carbocycles. The molecule has 2 saturated heterocycles. The van der Waals surface area contributed by atoms with E-state index in [-0.39, 0.29) is 36.6 Å². The lowest BCUT2D eigenvalue weighted by Gasteiger charge is -2.29. The molecule has 2 heterocycles. The number of rotatable bonds is 12. The molecule has 2 fully saturated rings. The lowest BCUT2D eigenvalue weighted by molar-refractivity contribution is -0.140. The van der Waals surface area contributed by atoms with Crippen molar-refractivity contribution in [2.45, 2.75) is 75.5 Å². The molecule has 208 valence electrons. The van der Waals surface area contributed by atoms with Crippen molar-refractivity contribution in [2.75, 3.05) is 13.1 Å². The van der Waals surface area contributed by atoms with E-state index in [2.05, 4.69) is 16.0 Å². The largest absolute Gasteiger partial charge is 0.481 e. The Hall–Kier alpha value is -3.72. The Bertz CT molecular complexity index is 1120. The van der Waals surface area contributed by atoms with Crippen molar-refractivity contribution < 1.29 is 24.3 Å². The fourth-order valence-electron chi connectivity index (χ4n) is 5.56. The molecule has 2 aliphatic rings. The van der Waals surface area contributed by atoms with Gasteiger partial charge in [0.2, 0.25) is 17.7 Å². The summed E-state index contributed by atoms with van der Waals surface area (Å²) in [6.45, 7) is 1.36. The highest BCUT2D eigenvalue weighted by Crippen LogP contribution is 2.21. The van der Waals surface area contributed by atoms with E-state index < -0.39 is 24.1 Å². The summed E-state index contributed by atoms with van der Waals surface area (Å²) in [5.41, 5.74) is 1.90. The van der Waals surface area contributed by atoms with Crippen molar-refractivity contribution in [3.63, 3.8) is 0 Å². The van der Waals surface area contributed by atoms with E-state index in [4.69, 9.17) is 0 Å². The number of carboxylic acids is 1. The van der Waals surface area contributed by atoms with Crippen LogP contribution in [0.5, 0.6) is 0 Å². The molecule has 3 unspecified atom stereocenters. The minimum absolute atomic E-state index is 0.00358. The maximum Gasteiger partial charge on any atom is 0.305 e. The highest BCUT2D eigenvalue weighted by atomic mass is 16.4. The first-order chi connectivity index (χ1) is 18.9. The fraction of sp³-hybridized carbons (Fsp3) is 0.467. The number of aliphatic carboxylic acids is 1. The predicted molar refractivity (Wildman–Crippen MR) is 147 cm³/mol. The van der Waals surface area contributed by atoms with Crippen molar-refractivity contribution in [3.05, 3.63) is 71.8 Å². The first-order valence-corrected chi connectivity index (χ1v) is 13.8. The zero-order valence-electron chi connectivity index (χ0n) is 22.2. The standard InChI is InChI=1S/C30H38N4O5/c35-27(32-24(20-28(36)37)18-22-11-5-2-6-12-22)19-23(17-21-9-3-1-4-10-21)33-29(38)26-14-8-16-34(26)30(39)25-13-7-15-31-25/h1-6,9-12,23-26,31H,7-8,13-20H2,(H,32,35)(H,33,38)(H,36,37)/t23?,24?,25?,26-/m0/s1. The molecule has 9 nitrogen and oxygen atoms in total. The van der Waals surface area contributed by atoms with Crippen LogP contribution in [-0.2, 0) is 32.0 Å². The Morgan fingerprint density at radius 2 is 1.46 bits per heavy atom. The number of carboxylic acid groups (broad SMARTS) is 1. The van der Waals surface area contributed by atoms with Crippen LogP contribution in [0.1, 0.15) is 49.7 Å². The molecule has 0 aromatic heterocycles.